The molecule has 1 saturated carbocycles. The number of aliphatic hydroxyl groups is 1. The lowest BCUT2D eigenvalue weighted by Crippen LogP contribution is -2.32. The lowest BCUT2D eigenvalue weighted by atomic mass is 10.0. The largest absolute Gasteiger partial charge is 0.493 e. The van der Waals surface area contributed by atoms with Crippen molar-refractivity contribution in [2.45, 2.75) is 57.7 Å². The molecule has 1 fully saturated rings. The van der Waals surface area contributed by atoms with E-state index in [4.69, 9.17) is 9.47 Å². The minimum Gasteiger partial charge on any atom is -0.493 e. The highest BCUT2D eigenvalue weighted by atomic mass is 16.5. The molecule has 0 bridgehead atoms. The van der Waals surface area contributed by atoms with Crippen LogP contribution in [0.25, 0.3) is 0 Å². The van der Waals surface area contributed by atoms with E-state index in [9.17, 15) is 5.11 Å². The maximum atomic E-state index is 10.4. The average Bonchev–Trinajstić information content (AvgIpc) is 2.90. The Morgan fingerprint density at radius 2 is 1.95 bits per heavy atom. The molecule has 2 rings (SSSR count). The minimum absolute atomic E-state index is 0.338. The molecule has 0 spiro atoms. The van der Waals surface area contributed by atoms with Gasteiger partial charge in [-0.15, -0.1) is 0 Å². The lowest BCUT2D eigenvalue weighted by molar-refractivity contribution is 0.000709. The van der Waals surface area contributed by atoms with Crippen molar-refractivity contribution in [1.29, 1.82) is 0 Å². The molecule has 21 heavy (non-hydrogen) atoms. The molecule has 0 unspecified atom stereocenters. The molecule has 4 heteroatoms. The summed E-state index contributed by atoms with van der Waals surface area (Å²) in [5.74, 6) is 1.42. The van der Waals surface area contributed by atoms with E-state index in [-0.39, 0.29) is 0 Å². The van der Waals surface area contributed by atoms with E-state index >= 15 is 0 Å². The number of nitrogens with one attached hydrogen (secondary N) is 1. The van der Waals surface area contributed by atoms with Crippen LogP contribution in [-0.2, 0) is 6.54 Å². The monoisotopic (exact) mass is 293 g/mol. The molecule has 0 atom stereocenters. The normalized spacial score (nSPS) is 17.2. The van der Waals surface area contributed by atoms with Gasteiger partial charge in [-0.3, -0.25) is 0 Å². The standard InChI is InChI=1S/C17H27NO3/c1-13(2)18-11-14-6-7-15(20-3)16(10-14)21-12-17(19)8-4-5-9-17/h6-7,10,13,18-19H,4-5,8-9,11-12H2,1-3H3. The third kappa shape index (κ3) is 4.61. The van der Waals surface area contributed by atoms with Gasteiger partial charge in [0.05, 0.1) is 12.7 Å². The van der Waals surface area contributed by atoms with Gasteiger partial charge in [-0.2, -0.15) is 0 Å². The first-order valence-corrected chi connectivity index (χ1v) is 7.78. The molecule has 1 aliphatic carbocycles. The molecular weight excluding hydrogens is 266 g/mol. The van der Waals surface area contributed by atoms with E-state index in [1.54, 1.807) is 7.11 Å². The fourth-order valence-corrected chi connectivity index (χ4v) is 2.66. The molecule has 118 valence electrons. The maximum Gasteiger partial charge on any atom is 0.161 e. The van der Waals surface area contributed by atoms with Crippen LogP contribution >= 0.6 is 0 Å². The molecule has 1 aromatic carbocycles. The van der Waals surface area contributed by atoms with Gasteiger partial charge in [0.25, 0.3) is 0 Å². The summed E-state index contributed by atoms with van der Waals surface area (Å²) < 4.78 is 11.2. The van der Waals surface area contributed by atoms with Crippen molar-refractivity contribution in [3.8, 4) is 11.5 Å². The van der Waals surface area contributed by atoms with Gasteiger partial charge in [0.2, 0.25) is 0 Å². The van der Waals surface area contributed by atoms with Gasteiger partial charge in [-0.1, -0.05) is 32.8 Å². The van der Waals surface area contributed by atoms with Crippen molar-refractivity contribution in [3.63, 3.8) is 0 Å². The minimum atomic E-state index is -0.669. The van der Waals surface area contributed by atoms with Gasteiger partial charge in [0, 0.05) is 12.6 Å². The topological polar surface area (TPSA) is 50.7 Å². The van der Waals surface area contributed by atoms with Crippen molar-refractivity contribution < 1.29 is 14.6 Å². The number of hydrogen-bond acceptors (Lipinski definition) is 4. The third-order valence-corrected chi connectivity index (χ3v) is 3.97. The Hall–Kier alpha value is -1.26. The van der Waals surface area contributed by atoms with Gasteiger partial charge in [-0.25, -0.2) is 0 Å². The van der Waals surface area contributed by atoms with Crippen molar-refractivity contribution >= 4 is 0 Å². The van der Waals surface area contributed by atoms with E-state index in [2.05, 4.69) is 19.2 Å². The highest BCUT2D eigenvalue weighted by Gasteiger charge is 2.32. The average molecular weight is 293 g/mol. The quantitative estimate of drug-likeness (QED) is 0.811. The van der Waals surface area contributed by atoms with Gasteiger partial charge < -0.3 is 19.9 Å². The van der Waals surface area contributed by atoms with E-state index < -0.39 is 5.60 Å². The Labute approximate surface area is 127 Å². The van der Waals surface area contributed by atoms with Gasteiger partial charge >= 0.3 is 0 Å². The Morgan fingerprint density at radius 1 is 1.24 bits per heavy atom. The van der Waals surface area contributed by atoms with Crippen molar-refractivity contribution in [3.05, 3.63) is 23.8 Å². The van der Waals surface area contributed by atoms with Crippen LogP contribution in [0.3, 0.4) is 0 Å². The highest BCUT2D eigenvalue weighted by molar-refractivity contribution is 5.43. The molecule has 0 saturated heterocycles. The van der Waals surface area contributed by atoms with E-state index in [0.717, 1.165) is 37.8 Å². The zero-order chi connectivity index (χ0) is 15.3. The summed E-state index contributed by atoms with van der Waals surface area (Å²) in [5, 5.41) is 13.8. The Kier molecular flexibility index (Phi) is 5.48. The van der Waals surface area contributed by atoms with Crippen molar-refractivity contribution in [2.24, 2.45) is 0 Å². The second kappa shape index (κ2) is 7.14. The third-order valence-electron chi connectivity index (χ3n) is 3.97. The summed E-state index contributed by atoms with van der Waals surface area (Å²) in [5.41, 5.74) is 0.481. The van der Waals surface area contributed by atoms with E-state index in [1.807, 2.05) is 18.2 Å². The predicted octanol–water partition coefficient (Wildman–Crippen LogP) is 2.88. The van der Waals surface area contributed by atoms with Crippen LogP contribution in [0, 0.1) is 0 Å². The van der Waals surface area contributed by atoms with Crippen LogP contribution in [0.1, 0.15) is 45.1 Å². The Bertz CT molecular complexity index is 453. The first-order valence-electron chi connectivity index (χ1n) is 7.78. The molecule has 4 nitrogen and oxygen atoms in total. The summed E-state index contributed by atoms with van der Waals surface area (Å²) in [4.78, 5) is 0. The number of methoxy groups -OCH3 is 1. The second-order valence-corrected chi connectivity index (χ2v) is 6.24. The zero-order valence-corrected chi connectivity index (χ0v) is 13.3. The molecule has 0 aromatic heterocycles. The number of ether oxygens (including phenoxy) is 2. The Morgan fingerprint density at radius 3 is 2.57 bits per heavy atom. The number of rotatable bonds is 7. The van der Waals surface area contributed by atoms with Crippen LogP contribution in [0.15, 0.2) is 18.2 Å². The molecule has 0 radical (unpaired) electrons. The highest BCUT2D eigenvalue weighted by Crippen LogP contribution is 2.33. The smallest absolute Gasteiger partial charge is 0.161 e. The molecule has 0 aliphatic heterocycles. The molecular formula is C17H27NO3. The van der Waals surface area contributed by atoms with Gasteiger partial charge in [0.15, 0.2) is 11.5 Å². The lowest BCUT2D eigenvalue weighted by Gasteiger charge is -2.23. The van der Waals surface area contributed by atoms with Crippen molar-refractivity contribution in [1.82, 2.24) is 5.32 Å². The van der Waals surface area contributed by atoms with Crippen LogP contribution in [0.5, 0.6) is 11.5 Å². The maximum absolute atomic E-state index is 10.4. The van der Waals surface area contributed by atoms with E-state index in [0.29, 0.717) is 24.1 Å². The first kappa shape index (κ1) is 16.1. The SMILES string of the molecule is COc1ccc(CNC(C)C)cc1OCC1(O)CCCC1. The van der Waals surface area contributed by atoms with E-state index in [1.165, 1.54) is 0 Å². The summed E-state index contributed by atoms with van der Waals surface area (Å²) in [6.07, 6.45) is 3.80. The summed E-state index contributed by atoms with van der Waals surface area (Å²) in [6, 6.07) is 6.39. The van der Waals surface area contributed by atoms with Crippen LogP contribution in [0.4, 0.5) is 0 Å². The summed E-state index contributed by atoms with van der Waals surface area (Å²) in [7, 11) is 1.64. The van der Waals surface area contributed by atoms with Crippen LogP contribution < -0.4 is 14.8 Å². The fourth-order valence-electron chi connectivity index (χ4n) is 2.66. The predicted molar refractivity (Wildman–Crippen MR) is 83.9 cm³/mol. The molecule has 2 N–H and O–H groups in total. The van der Waals surface area contributed by atoms with Crippen LogP contribution in [-0.4, -0.2) is 30.5 Å². The second-order valence-electron chi connectivity index (χ2n) is 6.24. The Balaban J connectivity index is 2.03. The van der Waals surface area contributed by atoms with Crippen molar-refractivity contribution in [2.75, 3.05) is 13.7 Å². The fraction of sp³-hybridized carbons (Fsp3) is 0.647. The first-order chi connectivity index (χ1) is 10.0. The molecule has 0 amide bonds. The van der Waals surface area contributed by atoms with Gasteiger partial charge in [0.1, 0.15) is 6.61 Å². The molecule has 1 aliphatic rings. The summed E-state index contributed by atoms with van der Waals surface area (Å²) in [6.45, 7) is 5.37. The van der Waals surface area contributed by atoms with Gasteiger partial charge in [-0.05, 0) is 30.5 Å². The molecule has 0 heterocycles. The summed E-state index contributed by atoms with van der Waals surface area (Å²) >= 11 is 0. The molecule has 1 aromatic rings. The number of hydrogen-bond donors (Lipinski definition) is 2. The zero-order valence-electron chi connectivity index (χ0n) is 13.3. The van der Waals surface area contributed by atoms with Crippen LogP contribution in [0.2, 0.25) is 0 Å². The number of benzene rings is 1.